The van der Waals surface area contributed by atoms with Gasteiger partial charge in [0.2, 0.25) is 17.7 Å². The summed E-state index contributed by atoms with van der Waals surface area (Å²) in [6.45, 7) is 3.54. The van der Waals surface area contributed by atoms with Crippen molar-refractivity contribution >= 4 is 36.3 Å². The second kappa shape index (κ2) is 15.0. The molecule has 0 fully saturated rings. The maximum atomic E-state index is 13.3. The highest BCUT2D eigenvalue weighted by atomic mass is 32.1. The summed E-state index contributed by atoms with van der Waals surface area (Å²) in [7, 11) is 0. The van der Waals surface area contributed by atoms with E-state index < -0.39 is 47.9 Å². The summed E-state index contributed by atoms with van der Waals surface area (Å²) < 4.78 is 0. The standard InChI is InChI=1S/C27H36N4O5S/c1-3-17(2)23(27(35)36)31-26(34)22(16-37)30-25(33)21(15-19-12-8-5-9-13-19)29-24(32)20(28)14-18-10-6-4-7-11-18/h4-13,17,20-23,37H,3,14-16,28H2,1-2H3,(H,29,32)(H,30,33)(H,31,34)(H,35,36). The number of amides is 3. The second-order valence-corrected chi connectivity index (χ2v) is 9.37. The largest absolute Gasteiger partial charge is 0.480 e. The third-order valence-electron chi connectivity index (χ3n) is 6.14. The number of nitrogens with two attached hydrogens (primary N) is 1. The molecule has 0 aliphatic rings. The summed E-state index contributed by atoms with van der Waals surface area (Å²) in [6, 6.07) is 14.3. The molecule has 0 aliphatic heterocycles. The topological polar surface area (TPSA) is 151 Å². The Kier molecular flexibility index (Phi) is 12.1. The van der Waals surface area contributed by atoms with Crippen molar-refractivity contribution in [2.75, 3.05) is 5.75 Å². The Morgan fingerprint density at radius 1 is 0.811 bits per heavy atom. The van der Waals surface area contributed by atoms with Gasteiger partial charge in [0.25, 0.3) is 0 Å². The molecule has 2 aromatic rings. The molecule has 0 aliphatic carbocycles. The highest BCUT2D eigenvalue weighted by Gasteiger charge is 2.31. The van der Waals surface area contributed by atoms with Gasteiger partial charge in [-0.1, -0.05) is 80.9 Å². The monoisotopic (exact) mass is 528 g/mol. The van der Waals surface area contributed by atoms with Crippen LogP contribution >= 0.6 is 12.6 Å². The van der Waals surface area contributed by atoms with Crippen molar-refractivity contribution in [3.05, 3.63) is 71.8 Å². The van der Waals surface area contributed by atoms with Crippen LogP contribution < -0.4 is 21.7 Å². The number of benzene rings is 2. The van der Waals surface area contributed by atoms with E-state index in [4.69, 9.17) is 5.73 Å². The van der Waals surface area contributed by atoms with E-state index in [9.17, 15) is 24.3 Å². The van der Waals surface area contributed by atoms with Crippen molar-refractivity contribution < 1.29 is 24.3 Å². The zero-order chi connectivity index (χ0) is 27.4. The Morgan fingerprint density at radius 2 is 1.30 bits per heavy atom. The van der Waals surface area contributed by atoms with Gasteiger partial charge in [-0.15, -0.1) is 0 Å². The minimum absolute atomic E-state index is 0.0655. The Morgan fingerprint density at radius 3 is 1.78 bits per heavy atom. The number of hydrogen-bond donors (Lipinski definition) is 6. The maximum absolute atomic E-state index is 13.3. The molecule has 10 heteroatoms. The van der Waals surface area contributed by atoms with E-state index >= 15 is 0 Å². The number of carboxylic acid groups (broad SMARTS) is 1. The Labute approximate surface area is 223 Å². The smallest absolute Gasteiger partial charge is 0.326 e. The predicted octanol–water partition coefficient (Wildman–Crippen LogP) is 1.31. The predicted molar refractivity (Wildman–Crippen MR) is 145 cm³/mol. The molecule has 9 nitrogen and oxygen atoms in total. The van der Waals surface area contributed by atoms with Crippen LogP contribution in [0.5, 0.6) is 0 Å². The number of carboxylic acids is 1. The zero-order valence-electron chi connectivity index (χ0n) is 21.1. The quantitative estimate of drug-likeness (QED) is 0.204. The molecule has 2 rings (SSSR count). The van der Waals surface area contributed by atoms with Gasteiger partial charge < -0.3 is 26.8 Å². The van der Waals surface area contributed by atoms with Crippen LogP contribution in [0.1, 0.15) is 31.4 Å². The van der Waals surface area contributed by atoms with Gasteiger partial charge in [0.15, 0.2) is 0 Å². The molecule has 0 saturated carbocycles. The molecule has 0 radical (unpaired) electrons. The number of carbonyl (C=O) groups excluding carboxylic acids is 3. The minimum atomic E-state index is -1.16. The number of aliphatic carboxylic acids is 1. The van der Waals surface area contributed by atoms with Crippen molar-refractivity contribution in [2.24, 2.45) is 11.7 Å². The molecule has 5 atom stereocenters. The number of hydrogen-bond acceptors (Lipinski definition) is 6. The van der Waals surface area contributed by atoms with Crippen LogP contribution in [0, 0.1) is 5.92 Å². The SMILES string of the molecule is CCC(C)C(NC(=O)C(CS)NC(=O)C(Cc1ccccc1)NC(=O)C(N)Cc1ccccc1)C(=O)O. The first-order valence-electron chi connectivity index (χ1n) is 12.2. The molecule has 0 aromatic heterocycles. The van der Waals surface area contributed by atoms with Gasteiger partial charge in [0.05, 0.1) is 6.04 Å². The van der Waals surface area contributed by atoms with E-state index in [1.54, 1.807) is 6.92 Å². The summed E-state index contributed by atoms with van der Waals surface area (Å²) >= 11 is 4.17. The van der Waals surface area contributed by atoms with E-state index in [-0.39, 0.29) is 18.1 Å². The van der Waals surface area contributed by atoms with Gasteiger partial charge in [0.1, 0.15) is 18.1 Å². The van der Waals surface area contributed by atoms with Crippen LogP contribution in [0.15, 0.2) is 60.7 Å². The van der Waals surface area contributed by atoms with Crippen molar-refractivity contribution in [1.29, 1.82) is 0 Å². The van der Waals surface area contributed by atoms with E-state index in [1.807, 2.05) is 67.6 Å². The number of rotatable bonds is 14. The van der Waals surface area contributed by atoms with Crippen LogP contribution in [-0.4, -0.2) is 58.7 Å². The number of thiol groups is 1. The molecule has 2 aromatic carbocycles. The van der Waals surface area contributed by atoms with Crippen LogP contribution in [0.25, 0.3) is 0 Å². The Bertz CT molecular complexity index is 1040. The second-order valence-electron chi connectivity index (χ2n) is 9.00. The molecular weight excluding hydrogens is 492 g/mol. The highest BCUT2D eigenvalue weighted by molar-refractivity contribution is 7.80. The lowest BCUT2D eigenvalue weighted by atomic mass is 9.99. The molecule has 200 valence electrons. The maximum Gasteiger partial charge on any atom is 0.326 e. The van der Waals surface area contributed by atoms with Crippen LogP contribution in [0.2, 0.25) is 0 Å². The van der Waals surface area contributed by atoms with E-state index in [0.29, 0.717) is 12.8 Å². The lowest BCUT2D eigenvalue weighted by Crippen LogP contribution is -2.58. The van der Waals surface area contributed by atoms with E-state index in [1.165, 1.54) is 0 Å². The first kappa shape index (κ1) is 29.9. The fourth-order valence-electron chi connectivity index (χ4n) is 3.70. The van der Waals surface area contributed by atoms with Crippen molar-refractivity contribution in [3.8, 4) is 0 Å². The lowest BCUT2D eigenvalue weighted by molar-refractivity contribution is -0.143. The van der Waals surface area contributed by atoms with Crippen molar-refractivity contribution in [1.82, 2.24) is 16.0 Å². The summed E-state index contributed by atoms with van der Waals surface area (Å²) in [5.41, 5.74) is 7.80. The minimum Gasteiger partial charge on any atom is -0.480 e. The number of nitrogens with one attached hydrogen (secondary N) is 3. The Balaban J connectivity index is 2.14. The van der Waals surface area contributed by atoms with Crippen LogP contribution in [0.4, 0.5) is 0 Å². The first-order valence-corrected chi connectivity index (χ1v) is 12.9. The molecule has 0 saturated heterocycles. The highest BCUT2D eigenvalue weighted by Crippen LogP contribution is 2.09. The fourth-order valence-corrected chi connectivity index (χ4v) is 3.96. The third kappa shape index (κ3) is 9.55. The molecule has 0 spiro atoms. The zero-order valence-corrected chi connectivity index (χ0v) is 22.0. The summed E-state index contributed by atoms with van der Waals surface area (Å²) in [5.74, 6) is -3.31. The lowest BCUT2D eigenvalue weighted by Gasteiger charge is -2.26. The van der Waals surface area contributed by atoms with Gasteiger partial charge in [-0.25, -0.2) is 4.79 Å². The molecule has 37 heavy (non-hydrogen) atoms. The molecule has 5 unspecified atom stereocenters. The Hall–Kier alpha value is -3.37. The summed E-state index contributed by atoms with van der Waals surface area (Å²) in [5, 5.41) is 17.3. The molecular formula is C27H36N4O5S. The van der Waals surface area contributed by atoms with Gasteiger partial charge in [-0.3, -0.25) is 14.4 Å². The summed E-state index contributed by atoms with van der Waals surface area (Å²) in [6.07, 6.45) is 1.01. The van der Waals surface area contributed by atoms with Crippen molar-refractivity contribution in [2.45, 2.75) is 57.3 Å². The molecule has 0 bridgehead atoms. The van der Waals surface area contributed by atoms with Gasteiger partial charge >= 0.3 is 5.97 Å². The van der Waals surface area contributed by atoms with E-state index in [2.05, 4.69) is 28.6 Å². The molecule has 3 amide bonds. The normalized spacial score (nSPS) is 14.9. The fraction of sp³-hybridized carbons (Fsp3) is 0.407. The van der Waals surface area contributed by atoms with Gasteiger partial charge in [-0.2, -0.15) is 12.6 Å². The third-order valence-corrected chi connectivity index (χ3v) is 6.51. The van der Waals surface area contributed by atoms with Gasteiger partial charge in [-0.05, 0) is 23.5 Å². The van der Waals surface area contributed by atoms with Crippen molar-refractivity contribution in [3.63, 3.8) is 0 Å². The molecule has 0 heterocycles. The molecule has 6 N–H and O–H groups in total. The summed E-state index contributed by atoms with van der Waals surface area (Å²) in [4.78, 5) is 50.6. The number of carbonyl (C=O) groups is 4. The van der Waals surface area contributed by atoms with E-state index in [0.717, 1.165) is 11.1 Å². The average molecular weight is 529 g/mol. The van der Waals surface area contributed by atoms with Crippen LogP contribution in [0.3, 0.4) is 0 Å². The van der Waals surface area contributed by atoms with Gasteiger partial charge in [0, 0.05) is 12.2 Å². The average Bonchev–Trinajstić information content (AvgIpc) is 2.90. The van der Waals surface area contributed by atoms with Crippen LogP contribution in [-0.2, 0) is 32.0 Å². The first-order chi connectivity index (χ1) is 17.7.